The lowest BCUT2D eigenvalue weighted by molar-refractivity contribution is -0.385. The summed E-state index contributed by atoms with van der Waals surface area (Å²) < 4.78 is 1.37. The van der Waals surface area contributed by atoms with E-state index in [0.717, 1.165) is 32.5 Å². The molecule has 0 radical (unpaired) electrons. The average Bonchev–Trinajstić information content (AvgIpc) is 2.90. The number of carbonyl (C=O) groups is 1. The molecule has 0 aromatic carbocycles. The maximum absolute atomic E-state index is 12.5. The van der Waals surface area contributed by atoms with E-state index in [1.807, 2.05) is 6.92 Å². The number of nitro groups is 1. The van der Waals surface area contributed by atoms with Crippen molar-refractivity contribution in [2.75, 3.05) is 19.6 Å². The first-order valence-electron chi connectivity index (χ1n) is 10.0. The molecule has 1 N–H and O–H groups in total. The van der Waals surface area contributed by atoms with Crippen LogP contribution in [-0.4, -0.2) is 51.2 Å². The van der Waals surface area contributed by atoms with Gasteiger partial charge in [0.15, 0.2) is 0 Å². The largest absolute Gasteiger partial charge is 0.347 e. The summed E-state index contributed by atoms with van der Waals surface area (Å²) in [7, 11) is 1.60. The van der Waals surface area contributed by atoms with Crippen molar-refractivity contribution in [1.82, 2.24) is 20.0 Å². The zero-order valence-corrected chi connectivity index (χ0v) is 17.5. The molecule has 1 aromatic heterocycles. The summed E-state index contributed by atoms with van der Waals surface area (Å²) in [6.45, 7) is 10.7. The van der Waals surface area contributed by atoms with Crippen molar-refractivity contribution in [3.8, 4) is 0 Å². The van der Waals surface area contributed by atoms with Crippen molar-refractivity contribution in [1.29, 1.82) is 0 Å². The van der Waals surface area contributed by atoms with Crippen LogP contribution in [0.15, 0.2) is 0 Å². The van der Waals surface area contributed by atoms with Gasteiger partial charge in [-0.05, 0) is 39.8 Å². The minimum absolute atomic E-state index is 0.109. The van der Waals surface area contributed by atoms with E-state index >= 15 is 0 Å². The van der Waals surface area contributed by atoms with Gasteiger partial charge in [-0.3, -0.25) is 19.6 Å². The third-order valence-corrected chi connectivity index (χ3v) is 4.77. The second kappa shape index (κ2) is 11.7. The van der Waals surface area contributed by atoms with E-state index < -0.39 is 10.8 Å². The van der Waals surface area contributed by atoms with Gasteiger partial charge < -0.3 is 10.2 Å². The van der Waals surface area contributed by atoms with Crippen LogP contribution in [0, 0.1) is 17.0 Å². The Bertz CT molecular complexity index is 605. The molecule has 27 heavy (non-hydrogen) atoms. The minimum atomic E-state index is -0.538. The van der Waals surface area contributed by atoms with Gasteiger partial charge in [-0.2, -0.15) is 5.10 Å². The summed E-state index contributed by atoms with van der Waals surface area (Å²) in [5, 5.41) is 18.2. The first kappa shape index (κ1) is 23.1. The van der Waals surface area contributed by atoms with Crippen LogP contribution < -0.4 is 5.32 Å². The number of unbranched alkanes of at least 4 members (excludes halogenated alkanes) is 4. The van der Waals surface area contributed by atoms with E-state index in [4.69, 9.17) is 0 Å². The number of hydrogen-bond donors (Lipinski definition) is 1. The number of aryl methyl sites for hydroxylation is 1. The van der Waals surface area contributed by atoms with Crippen LogP contribution in [-0.2, 0) is 7.05 Å². The van der Waals surface area contributed by atoms with Crippen molar-refractivity contribution in [3.63, 3.8) is 0 Å². The van der Waals surface area contributed by atoms with E-state index in [1.165, 1.54) is 30.4 Å². The average molecular weight is 382 g/mol. The maximum atomic E-state index is 12.5. The number of nitrogens with zero attached hydrogens (tertiary/aromatic N) is 4. The third-order valence-electron chi connectivity index (χ3n) is 4.77. The normalized spacial score (nSPS) is 12.4. The Morgan fingerprint density at radius 1 is 1.22 bits per heavy atom. The van der Waals surface area contributed by atoms with Gasteiger partial charge in [0.25, 0.3) is 5.91 Å². The molecule has 1 rings (SSSR count). The molecule has 1 heterocycles. The van der Waals surface area contributed by atoms with E-state index in [9.17, 15) is 14.9 Å². The van der Waals surface area contributed by atoms with Crippen LogP contribution >= 0.6 is 0 Å². The van der Waals surface area contributed by atoms with Crippen LogP contribution in [0.25, 0.3) is 0 Å². The minimum Gasteiger partial charge on any atom is -0.347 e. The highest BCUT2D eigenvalue weighted by molar-refractivity contribution is 5.96. The van der Waals surface area contributed by atoms with E-state index in [1.54, 1.807) is 14.0 Å². The number of carbonyl (C=O) groups excluding carboxylic acids is 1. The number of rotatable bonds is 13. The molecule has 1 atom stereocenters. The summed E-state index contributed by atoms with van der Waals surface area (Å²) in [4.78, 5) is 25.7. The van der Waals surface area contributed by atoms with Crippen LogP contribution in [0.4, 0.5) is 5.69 Å². The van der Waals surface area contributed by atoms with E-state index in [2.05, 4.69) is 29.2 Å². The quantitative estimate of drug-likeness (QED) is 0.321. The molecule has 0 aliphatic carbocycles. The number of amides is 1. The van der Waals surface area contributed by atoms with Crippen molar-refractivity contribution in [3.05, 3.63) is 21.5 Å². The Morgan fingerprint density at radius 3 is 2.26 bits per heavy atom. The summed E-state index contributed by atoms with van der Waals surface area (Å²) in [5.74, 6) is -0.486. The SMILES string of the molecule is CCCCCN(CCCCC)C[C@@H](C)NC(=O)c1nn(C)c(C)c1[N+](=O)[O-]. The lowest BCUT2D eigenvalue weighted by Crippen LogP contribution is -2.43. The van der Waals surface area contributed by atoms with E-state index in [-0.39, 0.29) is 17.4 Å². The summed E-state index contributed by atoms with van der Waals surface area (Å²) in [6, 6.07) is -0.109. The van der Waals surface area contributed by atoms with Crippen molar-refractivity contribution >= 4 is 11.6 Å². The second-order valence-electron chi connectivity index (χ2n) is 7.25. The fourth-order valence-corrected chi connectivity index (χ4v) is 3.16. The Labute approximate surface area is 162 Å². The highest BCUT2D eigenvalue weighted by Crippen LogP contribution is 2.22. The fourth-order valence-electron chi connectivity index (χ4n) is 3.16. The Balaban J connectivity index is 2.71. The predicted molar refractivity (Wildman–Crippen MR) is 107 cm³/mol. The zero-order valence-electron chi connectivity index (χ0n) is 17.5. The standard InChI is InChI=1S/C19H35N5O3/c1-6-8-10-12-23(13-11-9-7-2)14-15(3)20-19(25)17-18(24(26)27)16(4)22(5)21-17/h15H,6-14H2,1-5H3,(H,20,25)/t15-/m1/s1. The van der Waals surface area contributed by atoms with Crippen molar-refractivity contribution < 1.29 is 9.72 Å². The van der Waals surface area contributed by atoms with Gasteiger partial charge in [0.05, 0.1) is 4.92 Å². The molecule has 8 nitrogen and oxygen atoms in total. The van der Waals surface area contributed by atoms with Crippen molar-refractivity contribution in [2.45, 2.75) is 72.3 Å². The van der Waals surface area contributed by atoms with E-state index in [0.29, 0.717) is 5.69 Å². The molecular formula is C19H35N5O3. The van der Waals surface area contributed by atoms with Gasteiger partial charge in [0.2, 0.25) is 5.69 Å². The Hall–Kier alpha value is -1.96. The van der Waals surface area contributed by atoms with Crippen LogP contribution in [0.5, 0.6) is 0 Å². The van der Waals surface area contributed by atoms with Crippen LogP contribution in [0.1, 0.15) is 75.5 Å². The molecule has 0 saturated heterocycles. The number of aromatic nitrogens is 2. The molecule has 8 heteroatoms. The molecule has 154 valence electrons. The Morgan fingerprint density at radius 2 is 1.78 bits per heavy atom. The summed E-state index contributed by atoms with van der Waals surface area (Å²) in [6.07, 6.45) is 7.05. The smallest absolute Gasteiger partial charge is 0.322 e. The lowest BCUT2D eigenvalue weighted by atomic mass is 10.2. The van der Waals surface area contributed by atoms with Crippen LogP contribution in [0.2, 0.25) is 0 Å². The topological polar surface area (TPSA) is 93.3 Å². The molecule has 0 bridgehead atoms. The monoisotopic (exact) mass is 381 g/mol. The van der Waals surface area contributed by atoms with Crippen LogP contribution in [0.3, 0.4) is 0 Å². The van der Waals surface area contributed by atoms with Crippen molar-refractivity contribution in [2.24, 2.45) is 7.05 Å². The molecule has 0 unspecified atom stereocenters. The number of hydrogen-bond acceptors (Lipinski definition) is 5. The Kier molecular flexibility index (Phi) is 9.99. The molecule has 0 aliphatic heterocycles. The van der Waals surface area contributed by atoms with Gasteiger partial charge in [-0.25, -0.2) is 0 Å². The summed E-state index contributed by atoms with van der Waals surface area (Å²) in [5.41, 5.74) is 0.0406. The first-order chi connectivity index (χ1) is 12.8. The summed E-state index contributed by atoms with van der Waals surface area (Å²) >= 11 is 0. The maximum Gasteiger partial charge on any atom is 0.322 e. The zero-order chi connectivity index (χ0) is 20.4. The molecule has 0 spiro atoms. The number of nitrogens with one attached hydrogen (secondary N) is 1. The van der Waals surface area contributed by atoms with Gasteiger partial charge in [-0.15, -0.1) is 0 Å². The molecule has 1 amide bonds. The van der Waals surface area contributed by atoms with Gasteiger partial charge in [0, 0.05) is 19.6 Å². The van der Waals surface area contributed by atoms with Gasteiger partial charge in [0.1, 0.15) is 5.69 Å². The highest BCUT2D eigenvalue weighted by atomic mass is 16.6. The molecular weight excluding hydrogens is 346 g/mol. The molecule has 1 aromatic rings. The van der Waals surface area contributed by atoms with Gasteiger partial charge >= 0.3 is 5.69 Å². The predicted octanol–water partition coefficient (Wildman–Crippen LogP) is 3.44. The molecule has 0 aliphatic rings. The first-order valence-corrected chi connectivity index (χ1v) is 10.0. The fraction of sp³-hybridized carbons (Fsp3) is 0.789. The highest BCUT2D eigenvalue weighted by Gasteiger charge is 2.29. The second-order valence-corrected chi connectivity index (χ2v) is 7.25. The lowest BCUT2D eigenvalue weighted by Gasteiger charge is -2.26. The molecule has 0 saturated carbocycles. The molecule has 0 fully saturated rings. The third kappa shape index (κ3) is 7.28. The van der Waals surface area contributed by atoms with Gasteiger partial charge in [-0.1, -0.05) is 39.5 Å².